The zero-order valence-corrected chi connectivity index (χ0v) is 6.48. The zero-order valence-electron chi connectivity index (χ0n) is 6.48. The highest BCUT2D eigenvalue weighted by Crippen LogP contribution is 2.13. The largest absolute Gasteiger partial charge is 0.396 e. The quantitative estimate of drug-likeness (QED) is 0.388. The maximum absolute atomic E-state index is 8.76. The first kappa shape index (κ1) is 10.8. The maximum atomic E-state index is 8.76. The van der Waals surface area contributed by atoms with E-state index in [4.69, 9.17) is 20.4 Å². The summed E-state index contributed by atoms with van der Waals surface area (Å²) in [5.41, 5.74) is 0. The summed E-state index contributed by atoms with van der Waals surface area (Å²) < 4.78 is 0. The van der Waals surface area contributed by atoms with Crippen molar-refractivity contribution < 1.29 is 20.4 Å². The van der Waals surface area contributed by atoms with Crippen molar-refractivity contribution in [2.75, 3.05) is 26.4 Å². The topological polar surface area (TPSA) is 80.9 Å². The van der Waals surface area contributed by atoms with Gasteiger partial charge in [0.2, 0.25) is 0 Å². The van der Waals surface area contributed by atoms with E-state index in [0.717, 1.165) is 0 Å². The second-order valence-electron chi connectivity index (χ2n) is 2.58. The van der Waals surface area contributed by atoms with Crippen LogP contribution in [0.3, 0.4) is 0 Å². The molecule has 0 aliphatic carbocycles. The first-order chi connectivity index (χ1) is 5.29. The molecule has 1 atom stereocenters. The molecule has 0 heterocycles. The average molecular weight is 164 g/mol. The summed E-state index contributed by atoms with van der Waals surface area (Å²) in [5, 5.41) is 34.7. The van der Waals surface area contributed by atoms with Gasteiger partial charge in [-0.3, -0.25) is 0 Å². The summed E-state index contributed by atoms with van der Waals surface area (Å²) in [6, 6.07) is 0. The minimum Gasteiger partial charge on any atom is -0.396 e. The Morgan fingerprint density at radius 3 is 1.45 bits per heavy atom. The minimum absolute atomic E-state index is 0.0261. The SMILES string of the molecule is OCCC(CO)C(CO)CO. The lowest BCUT2D eigenvalue weighted by Gasteiger charge is -2.20. The van der Waals surface area contributed by atoms with Crippen molar-refractivity contribution in [1.82, 2.24) is 0 Å². The van der Waals surface area contributed by atoms with Crippen molar-refractivity contribution >= 4 is 0 Å². The molecule has 1 unspecified atom stereocenters. The number of hydrogen-bond acceptors (Lipinski definition) is 4. The van der Waals surface area contributed by atoms with Gasteiger partial charge in [-0.2, -0.15) is 0 Å². The molecule has 4 nitrogen and oxygen atoms in total. The Bertz CT molecular complexity index is 82.5. The van der Waals surface area contributed by atoms with Crippen LogP contribution >= 0.6 is 0 Å². The Morgan fingerprint density at radius 2 is 1.18 bits per heavy atom. The standard InChI is InChI=1S/C7H16O4/c8-2-1-6(3-9)7(4-10)5-11/h6-11H,1-5H2. The van der Waals surface area contributed by atoms with Crippen LogP contribution in [0.4, 0.5) is 0 Å². The van der Waals surface area contributed by atoms with Crippen molar-refractivity contribution in [3.63, 3.8) is 0 Å². The van der Waals surface area contributed by atoms with Crippen LogP contribution in [0.1, 0.15) is 6.42 Å². The minimum atomic E-state index is -0.313. The Labute approximate surface area is 66.1 Å². The molecule has 11 heavy (non-hydrogen) atoms. The number of rotatable bonds is 6. The third-order valence-electron chi connectivity index (χ3n) is 1.87. The van der Waals surface area contributed by atoms with E-state index in [2.05, 4.69) is 0 Å². The molecule has 0 aromatic heterocycles. The number of aliphatic hydroxyl groups excluding tert-OH is 4. The maximum Gasteiger partial charge on any atom is 0.0484 e. The average Bonchev–Trinajstić information content (AvgIpc) is 2.05. The van der Waals surface area contributed by atoms with Gasteiger partial charge in [-0.05, 0) is 12.3 Å². The molecule has 0 aromatic carbocycles. The zero-order chi connectivity index (χ0) is 8.69. The molecule has 4 N–H and O–H groups in total. The van der Waals surface area contributed by atoms with Crippen molar-refractivity contribution in [2.24, 2.45) is 11.8 Å². The van der Waals surface area contributed by atoms with E-state index in [9.17, 15) is 0 Å². The molecule has 0 bridgehead atoms. The van der Waals surface area contributed by atoms with Crippen LogP contribution < -0.4 is 0 Å². The fourth-order valence-electron chi connectivity index (χ4n) is 0.998. The third-order valence-corrected chi connectivity index (χ3v) is 1.87. The van der Waals surface area contributed by atoms with Crippen LogP contribution in [0, 0.1) is 11.8 Å². The van der Waals surface area contributed by atoms with E-state index in [1.807, 2.05) is 0 Å². The smallest absolute Gasteiger partial charge is 0.0484 e. The summed E-state index contributed by atoms with van der Waals surface area (Å²) in [5.74, 6) is -0.512. The molecule has 0 spiro atoms. The molecule has 0 aromatic rings. The Morgan fingerprint density at radius 1 is 0.727 bits per heavy atom. The molecule has 0 aliphatic heterocycles. The summed E-state index contributed by atoms with van der Waals surface area (Å²) in [6.45, 7) is -0.433. The highest BCUT2D eigenvalue weighted by Gasteiger charge is 2.18. The van der Waals surface area contributed by atoms with Crippen molar-refractivity contribution in [3.05, 3.63) is 0 Å². The summed E-state index contributed by atoms with van der Waals surface area (Å²) in [6.07, 6.45) is 0.419. The van der Waals surface area contributed by atoms with Gasteiger partial charge in [-0.25, -0.2) is 0 Å². The molecular formula is C7H16O4. The molecule has 0 aliphatic rings. The molecule has 0 fully saturated rings. The predicted octanol–water partition coefficient (Wildman–Crippen LogP) is -1.42. The highest BCUT2D eigenvalue weighted by molar-refractivity contribution is 4.67. The van der Waals surface area contributed by atoms with Gasteiger partial charge in [0.05, 0.1) is 0 Å². The first-order valence-electron chi connectivity index (χ1n) is 3.73. The van der Waals surface area contributed by atoms with Gasteiger partial charge < -0.3 is 20.4 Å². The fourth-order valence-corrected chi connectivity index (χ4v) is 0.998. The normalized spacial score (nSPS) is 13.9. The van der Waals surface area contributed by atoms with Crippen LogP contribution in [0.15, 0.2) is 0 Å². The van der Waals surface area contributed by atoms with E-state index in [1.54, 1.807) is 0 Å². The van der Waals surface area contributed by atoms with Crippen LogP contribution in [-0.2, 0) is 0 Å². The van der Waals surface area contributed by atoms with E-state index >= 15 is 0 Å². The summed E-state index contributed by atoms with van der Waals surface area (Å²) in [7, 11) is 0. The molecule has 4 heteroatoms. The monoisotopic (exact) mass is 164 g/mol. The second kappa shape index (κ2) is 6.54. The molecule has 0 saturated carbocycles. The second-order valence-corrected chi connectivity index (χ2v) is 2.58. The predicted molar refractivity (Wildman–Crippen MR) is 39.9 cm³/mol. The Hall–Kier alpha value is -0.160. The molecule has 0 saturated heterocycles. The van der Waals surface area contributed by atoms with Gasteiger partial charge in [0, 0.05) is 32.3 Å². The molecule has 0 amide bonds. The lowest BCUT2D eigenvalue weighted by Crippen LogP contribution is -2.26. The summed E-state index contributed by atoms with van der Waals surface area (Å²) in [4.78, 5) is 0. The van der Waals surface area contributed by atoms with Crippen LogP contribution in [0.5, 0.6) is 0 Å². The van der Waals surface area contributed by atoms with Gasteiger partial charge in [-0.1, -0.05) is 0 Å². The van der Waals surface area contributed by atoms with Gasteiger partial charge >= 0.3 is 0 Å². The van der Waals surface area contributed by atoms with E-state index < -0.39 is 0 Å². The van der Waals surface area contributed by atoms with Gasteiger partial charge in [0.1, 0.15) is 0 Å². The van der Waals surface area contributed by atoms with Crippen molar-refractivity contribution in [3.8, 4) is 0 Å². The molecular weight excluding hydrogens is 148 g/mol. The number of hydrogen-bond donors (Lipinski definition) is 4. The van der Waals surface area contributed by atoms with Crippen LogP contribution in [0.25, 0.3) is 0 Å². The molecule has 68 valence electrons. The first-order valence-corrected chi connectivity index (χ1v) is 3.73. The summed E-state index contributed by atoms with van der Waals surface area (Å²) >= 11 is 0. The molecule has 0 radical (unpaired) electrons. The Balaban J connectivity index is 3.76. The van der Waals surface area contributed by atoms with E-state index in [-0.39, 0.29) is 38.3 Å². The molecule has 0 rings (SSSR count). The number of aliphatic hydroxyl groups is 4. The Kier molecular flexibility index (Phi) is 6.45. The lowest BCUT2D eigenvalue weighted by molar-refractivity contribution is 0.0597. The van der Waals surface area contributed by atoms with Crippen molar-refractivity contribution in [2.45, 2.75) is 6.42 Å². The third kappa shape index (κ3) is 3.67. The fraction of sp³-hybridized carbons (Fsp3) is 1.00. The highest BCUT2D eigenvalue weighted by atomic mass is 16.3. The van der Waals surface area contributed by atoms with E-state index in [0.29, 0.717) is 6.42 Å². The lowest BCUT2D eigenvalue weighted by atomic mass is 9.92. The van der Waals surface area contributed by atoms with E-state index in [1.165, 1.54) is 0 Å². The van der Waals surface area contributed by atoms with Gasteiger partial charge in [0.25, 0.3) is 0 Å². The van der Waals surface area contributed by atoms with Gasteiger partial charge in [-0.15, -0.1) is 0 Å². The van der Waals surface area contributed by atoms with Crippen LogP contribution in [-0.4, -0.2) is 46.9 Å². The van der Waals surface area contributed by atoms with Crippen LogP contribution in [0.2, 0.25) is 0 Å². The van der Waals surface area contributed by atoms with Crippen molar-refractivity contribution in [1.29, 1.82) is 0 Å². The van der Waals surface area contributed by atoms with Gasteiger partial charge in [0.15, 0.2) is 0 Å².